The average Bonchev–Trinajstić information content (AvgIpc) is 3.27. The molecule has 7 heteroatoms. The number of aromatic nitrogens is 3. The minimum atomic E-state index is -0.497. The smallest absolute Gasteiger partial charge is 0.257 e. The Morgan fingerprint density at radius 2 is 2.11 bits per heavy atom. The van der Waals surface area contributed by atoms with Gasteiger partial charge in [-0.1, -0.05) is 17.3 Å². The zero-order valence-corrected chi connectivity index (χ0v) is 15.4. The van der Waals surface area contributed by atoms with Gasteiger partial charge in [0.05, 0.1) is 34.8 Å². The largest absolute Gasteiger partial charge is 0.356 e. The van der Waals surface area contributed by atoms with Gasteiger partial charge in [0.25, 0.3) is 5.91 Å². The van der Waals surface area contributed by atoms with Gasteiger partial charge < -0.3 is 9.42 Å². The topological polar surface area (TPSA) is 64.2 Å². The van der Waals surface area contributed by atoms with Gasteiger partial charge in [-0.2, -0.15) is 5.10 Å². The SMILES string of the molecule is Cc1cc(-c2cnn(C)c2C2CCCCN2C(=O)c2ccccc2F)on1. The van der Waals surface area contributed by atoms with Crippen molar-refractivity contribution in [3.8, 4) is 11.3 Å². The van der Waals surface area contributed by atoms with Crippen molar-refractivity contribution in [1.29, 1.82) is 0 Å². The summed E-state index contributed by atoms with van der Waals surface area (Å²) in [6.07, 6.45) is 4.41. The van der Waals surface area contributed by atoms with E-state index in [0.29, 0.717) is 12.3 Å². The molecule has 1 saturated heterocycles. The average molecular weight is 368 g/mol. The third-order valence-electron chi connectivity index (χ3n) is 5.06. The number of nitrogens with zero attached hydrogens (tertiary/aromatic N) is 4. The van der Waals surface area contributed by atoms with Gasteiger partial charge in [-0.25, -0.2) is 4.39 Å². The van der Waals surface area contributed by atoms with Crippen LogP contribution in [0.2, 0.25) is 0 Å². The summed E-state index contributed by atoms with van der Waals surface area (Å²) >= 11 is 0. The first-order valence-corrected chi connectivity index (χ1v) is 9.07. The van der Waals surface area contributed by atoms with E-state index in [2.05, 4.69) is 10.3 Å². The maximum absolute atomic E-state index is 14.2. The molecule has 0 spiro atoms. The molecular weight excluding hydrogens is 347 g/mol. The number of halogens is 1. The summed E-state index contributed by atoms with van der Waals surface area (Å²) in [7, 11) is 1.85. The molecule has 4 rings (SSSR count). The van der Waals surface area contributed by atoms with Gasteiger partial charge in [0, 0.05) is 19.7 Å². The zero-order valence-electron chi connectivity index (χ0n) is 15.4. The Morgan fingerprint density at radius 1 is 1.30 bits per heavy atom. The number of rotatable bonds is 3. The van der Waals surface area contributed by atoms with Crippen molar-refractivity contribution in [2.75, 3.05) is 6.54 Å². The molecule has 1 atom stereocenters. The molecule has 1 fully saturated rings. The highest BCUT2D eigenvalue weighted by Crippen LogP contribution is 2.37. The van der Waals surface area contributed by atoms with Crippen molar-refractivity contribution < 1.29 is 13.7 Å². The summed E-state index contributed by atoms with van der Waals surface area (Å²) in [6, 6.07) is 7.78. The van der Waals surface area contributed by atoms with Gasteiger partial charge in [0.15, 0.2) is 5.76 Å². The molecule has 1 aromatic carbocycles. The highest BCUT2D eigenvalue weighted by Gasteiger charge is 2.34. The lowest BCUT2D eigenvalue weighted by Gasteiger charge is -2.36. The number of carbonyl (C=O) groups excluding carboxylic acids is 1. The van der Waals surface area contributed by atoms with Crippen LogP contribution in [0.15, 0.2) is 41.1 Å². The molecule has 0 N–H and O–H groups in total. The highest BCUT2D eigenvalue weighted by atomic mass is 19.1. The van der Waals surface area contributed by atoms with Gasteiger partial charge in [0.2, 0.25) is 0 Å². The van der Waals surface area contributed by atoms with E-state index in [4.69, 9.17) is 4.52 Å². The summed E-state index contributed by atoms with van der Waals surface area (Å²) in [5.74, 6) is -0.166. The summed E-state index contributed by atoms with van der Waals surface area (Å²) in [4.78, 5) is 14.9. The maximum Gasteiger partial charge on any atom is 0.257 e. The molecule has 0 aliphatic carbocycles. The van der Waals surface area contributed by atoms with Crippen LogP contribution in [0, 0.1) is 12.7 Å². The zero-order chi connectivity index (χ0) is 19.0. The summed E-state index contributed by atoms with van der Waals surface area (Å²) in [5, 5.41) is 8.34. The van der Waals surface area contributed by atoms with E-state index in [0.717, 1.165) is 36.2 Å². The van der Waals surface area contributed by atoms with Crippen LogP contribution in [0.1, 0.15) is 47.1 Å². The van der Waals surface area contributed by atoms with Gasteiger partial charge in [-0.15, -0.1) is 0 Å². The molecule has 1 aliphatic rings. The van der Waals surface area contributed by atoms with E-state index in [-0.39, 0.29) is 17.5 Å². The Labute approximate surface area is 156 Å². The van der Waals surface area contributed by atoms with Gasteiger partial charge in [-0.05, 0) is 38.3 Å². The van der Waals surface area contributed by atoms with Crippen LogP contribution in [-0.2, 0) is 7.05 Å². The van der Waals surface area contributed by atoms with E-state index in [1.165, 1.54) is 12.1 Å². The molecule has 2 aromatic heterocycles. The van der Waals surface area contributed by atoms with E-state index < -0.39 is 5.82 Å². The molecule has 27 heavy (non-hydrogen) atoms. The predicted molar refractivity (Wildman–Crippen MR) is 97.5 cm³/mol. The Morgan fingerprint density at radius 3 is 2.85 bits per heavy atom. The predicted octanol–water partition coefficient (Wildman–Crippen LogP) is 3.89. The lowest BCUT2D eigenvalue weighted by Crippen LogP contribution is -2.39. The molecular formula is C20H21FN4O2. The maximum atomic E-state index is 14.2. The molecule has 140 valence electrons. The lowest BCUT2D eigenvalue weighted by molar-refractivity contribution is 0.0597. The summed E-state index contributed by atoms with van der Waals surface area (Å²) in [6.45, 7) is 2.44. The van der Waals surface area contributed by atoms with Crippen molar-refractivity contribution in [2.45, 2.75) is 32.2 Å². The van der Waals surface area contributed by atoms with Crippen LogP contribution in [0.3, 0.4) is 0 Å². The Bertz CT molecular complexity index is 978. The number of carbonyl (C=O) groups is 1. The molecule has 0 bridgehead atoms. The normalized spacial score (nSPS) is 17.3. The standard InChI is InChI=1S/C20H21FN4O2/c1-13-11-18(27-23-13)15-12-22-24(2)19(15)17-9-5-6-10-25(17)20(26)14-7-3-4-8-16(14)21/h3-4,7-8,11-12,17H,5-6,9-10H2,1-2H3. The van der Waals surface area contributed by atoms with E-state index in [9.17, 15) is 9.18 Å². The second-order valence-corrected chi connectivity index (χ2v) is 6.89. The summed E-state index contributed by atoms with van der Waals surface area (Å²) < 4.78 is 21.4. The van der Waals surface area contributed by atoms with Crippen LogP contribution in [0.4, 0.5) is 4.39 Å². The molecule has 1 unspecified atom stereocenters. The van der Waals surface area contributed by atoms with Crippen molar-refractivity contribution >= 4 is 5.91 Å². The third-order valence-corrected chi connectivity index (χ3v) is 5.06. The van der Waals surface area contributed by atoms with E-state index in [1.54, 1.807) is 27.9 Å². The summed E-state index contributed by atoms with van der Waals surface area (Å²) in [5.41, 5.74) is 2.58. The number of piperidine rings is 1. The van der Waals surface area contributed by atoms with Crippen LogP contribution >= 0.6 is 0 Å². The molecule has 1 aliphatic heterocycles. The first kappa shape index (κ1) is 17.5. The minimum absolute atomic E-state index is 0.101. The van der Waals surface area contributed by atoms with Crippen LogP contribution < -0.4 is 0 Å². The first-order valence-electron chi connectivity index (χ1n) is 9.07. The Balaban J connectivity index is 1.75. The lowest BCUT2D eigenvalue weighted by atomic mass is 9.95. The quantitative estimate of drug-likeness (QED) is 0.704. The number of likely N-dealkylation sites (tertiary alicyclic amines) is 1. The third kappa shape index (κ3) is 3.13. The fraction of sp³-hybridized carbons (Fsp3) is 0.350. The Kier molecular flexibility index (Phi) is 4.51. The second kappa shape index (κ2) is 6.98. The monoisotopic (exact) mass is 368 g/mol. The van der Waals surface area contributed by atoms with Gasteiger partial charge in [-0.3, -0.25) is 9.48 Å². The fourth-order valence-corrected chi connectivity index (χ4v) is 3.77. The number of hydrogen-bond donors (Lipinski definition) is 0. The molecule has 0 radical (unpaired) electrons. The van der Waals surface area contributed by atoms with Crippen LogP contribution in [0.25, 0.3) is 11.3 Å². The number of amides is 1. The van der Waals surface area contributed by atoms with Crippen LogP contribution in [0.5, 0.6) is 0 Å². The number of aryl methyl sites for hydroxylation is 2. The minimum Gasteiger partial charge on any atom is -0.356 e. The molecule has 1 amide bonds. The molecule has 3 heterocycles. The molecule has 0 saturated carbocycles. The van der Waals surface area contributed by atoms with Gasteiger partial charge >= 0.3 is 0 Å². The number of benzene rings is 1. The van der Waals surface area contributed by atoms with Crippen molar-refractivity contribution in [3.63, 3.8) is 0 Å². The number of hydrogen-bond acceptors (Lipinski definition) is 4. The van der Waals surface area contributed by atoms with E-state index >= 15 is 0 Å². The first-order chi connectivity index (χ1) is 13.1. The van der Waals surface area contributed by atoms with Gasteiger partial charge in [0.1, 0.15) is 5.82 Å². The Hall–Kier alpha value is -2.96. The molecule has 6 nitrogen and oxygen atoms in total. The van der Waals surface area contributed by atoms with Crippen molar-refractivity contribution in [1.82, 2.24) is 19.8 Å². The van der Waals surface area contributed by atoms with Crippen molar-refractivity contribution in [2.24, 2.45) is 7.05 Å². The van der Waals surface area contributed by atoms with E-state index in [1.807, 2.05) is 20.0 Å². The van der Waals surface area contributed by atoms with Crippen LogP contribution in [-0.4, -0.2) is 32.3 Å². The fourth-order valence-electron chi connectivity index (χ4n) is 3.77. The highest BCUT2D eigenvalue weighted by molar-refractivity contribution is 5.95. The van der Waals surface area contributed by atoms with Crippen molar-refractivity contribution in [3.05, 3.63) is 59.3 Å². The molecule has 3 aromatic rings. The second-order valence-electron chi connectivity index (χ2n) is 6.89.